The van der Waals surface area contributed by atoms with Crippen molar-refractivity contribution in [1.29, 1.82) is 0 Å². The highest BCUT2D eigenvalue weighted by atomic mass is 31.2. The first-order valence-corrected chi connectivity index (χ1v) is 13.9. The van der Waals surface area contributed by atoms with Crippen molar-refractivity contribution in [2.45, 2.75) is 58.0 Å². The average Bonchev–Trinajstić information content (AvgIpc) is 3.26. The minimum atomic E-state index is -4.12. The molecule has 0 aliphatic carbocycles. The number of benzene rings is 1. The first-order valence-electron chi connectivity index (χ1n) is 12.1. The Kier molecular flexibility index (Phi) is 7.38. The van der Waals surface area contributed by atoms with Gasteiger partial charge in [-0.2, -0.15) is 4.98 Å². The maximum atomic E-state index is 11.9. The molecule has 3 heterocycles. The molecule has 1 saturated heterocycles. The fourth-order valence-electron chi connectivity index (χ4n) is 5.27. The van der Waals surface area contributed by atoms with Crippen molar-refractivity contribution >= 4 is 24.6 Å². The normalized spacial score (nSPS) is 18.8. The van der Waals surface area contributed by atoms with Crippen molar-refractivity contribution < 1.29 is 14.4 Å². The van der Waals surface area contributed by atoms with E-state index in [-0.39, 0.29) is 12.2 Å². The molecule has 3 aromatic rings. The summed E-state index contributed by atoms with van der Waals surface area (Å²) in [5.41, 5.74) is 1.43. The molecule has 2 aromatic heterocycles. The molecule has 0 bridgehead atoms. The van der Waals surface area contributed by atoms with Gasteiger partial charge in [-0.15, -0.1) is 0 Å². The number of nitrogens with zero attached hydrogens (tertiary/aromatic N) is 5. The summed E-state index contributed by atoms with van der Waals surface area (Å²) in [6.07, 6.45) is 6.91. The number of piperidine rings is 1. The van der Waals surface area contributed by atoms with Gasteiger partial charge in [-0.1, -0.05) is 26.0 Å². The predicted molar refractivity (Wildman–Crippen MR) is 134 cm³/mol. The van der Waals surface area contributed by atoms with Gasteiger partial charge in [0.15, 0.2) is 0 Å². The highest BCUT2D eigenvalue weighted by molar-refractivity contribution is 7.51. The van der Waals surface area contributed by atoms with Gasteiger partial charge in [0, 0.05) is 24.3 Å². The minimum Gasteiger partial charge on any atom is -0.351 e. The Morgan fingerprint density at radius 3 is 2.71 bits per heavy atom. The summed E-state index contributed by atoms with van der Waals surface area (Å²) >= 11 is 0. The molecule has 4 rings (SSSR count). The lowest BCUT2D eigenvalue weighted by Crippen LogP contribution is -2.56. The lowest BCUT2D eigenvalue weighted by Gasteiger charge is -2.48. The van der Waals surface area contributed by atoms with Crippen LogP contribution in [-0.2, 0) is 4.57 Å². The van der Waals surface area contributed by atoms with Crippen LogP contribution in [0, 0.1) is 5.92 Å². The molecule has 0 spiro atoms. The number of aromatic nitrogens is 4. The van der Waals surface area contributed by atoms with Crippen molar-refractivity contribution in [2.75, 3.05) is 24.6 Å². The van der Waals surface area contributed by atoms with Crippen molar-refractivity contribution in [1.82, 2.24) is 24.4 Å². The third kappa shape index (κ3) is 5.33. The van der Waals surface area contributed by atoms with Crippen LogP contribution in [0.15, 0.2) is 42.9 Å². The summed E-state index contributed by atoms with van der Waals surface area (Å²) in [5, 5.41) is 3.48. The summed E-state index contributed by atoms with van der Waals surface area (Å²) in [6.45, 7) is 7.86. The zero-order chi connectivity index (χ0) is 24.3. The fraction of sp³-hybridized carbons (Fsp3) is 0.542. The summed E-state index contributed by atoms with van der Waals surface area (Å²) in [6, 6.07) is 9.92. The molecule has 10 heteroatoms. The van der Waals surface area contributed by atoms with Crippen LogP contribution in [0.2, 0.25) is 0 Å². The Labute approximate surface area is 200 Å². The van der Waals surface area contributed by atoms with Crippen LogP contribution in [0.5, 0.6) is 0 Å². The Morgan fingerprint density at radius 1 is 1.21 bits per heavy atom. The molecular formula is C24H35N6O3P. The van der Waals surface area contributed by atoms with E-state index in [4.69, 9.17) is 4.98 Å². The molecule has 0 amide bonds. The number of hydrogen-bond acceptors (Lipinski definition) is 6. The van der Waals surface area contributed by atoms with E-state index in [0.717, 1.165) is 42.8 Å². The SMILES string of the molecule is CCC(CC)(CP(=O)(O)O)N1CCCC(C(C)Nc2nccc(-n3cnc4ccccc43)n2)C1. The lowest BCUT2D eigenvalue weighted by atomic mass is 9.85. The van der Waals surface area contributed by atoms with Crippen LogP contribution >= 0.6 is 7.60 Å². The number of likely N-dealkylation sites (tertiary alicyclic amines) is 1. The predicted octanol–water partition coefficient (Wildman–Crippen LogP) is 4.06. The van der Waals surface area contributed by atoms with E-state index < -0.39 is 13.1 Å². The smallest absolute Gasteiger partial charge is 0.327 e. The topological polar surface area (TPSA) is 116 Å². The van der Waals surface area contributed by atoms with Crippen LogP contribution in [0.25, 0.3) is 16.9 Å². The van der Waals surface area contributed by atoms with Crippen LogP contribution in [0.3, 0.4) is 0 Å². The molecule has 1 aliphatic rings. The third-order valence-corrected chi connectivity index (χ3v) is 8.35. The van der Waals surface area contributed by atoms with Crippen LogP contribution < -0.4 is 5.32 Å². The second kappa shape index (κ2) is 10.1. The molecule has 2 atom stereocenters. The maximum Gasteiger partial charge on any atom is 0.327 e. The molecule has 1 fully saturated rings. The van der Waals surface area contributed by atoms with Crippen molar-refractivity contribution in [3.8, 4) is 5.82 Å². The van der Waals surface area contributed by atoms with Gasteiger partial charge in [0.05, 0.1) is 17.2 Å². The number of fused-ring (bicyclic) bond motifs is 1. The molecule has 3 N–H and O–H groups in total. The maximum absolute atomic E-state index is 11.9. The quantitative estimate of drug-likeness (QED) is 0.388. The fourth-order valence-corrected chi connectivity index (χ4v) is 6.68. The molecular weight excluding hydrogens is 451 g/mol. The van der Waals surface area contributed by atoms with Crippen LogP contribution in [0.4, 0.5) is 5.95 Å². The van der Waals surface area contributed by atoms with Crippen molar-refractivity contribution in [3.05, 3.63) is 42.9 Å². The summed E-state index contributed by atoms with van der Waals surface area (Å²) in [4.78, 5) is 35.4. The number of anilines is 1. The summed E-state index contributed by atoms with van der Waals surface area (Å²) in [7, 11) is -4.12. The third-order valence-electron chi connectivity index (χ3n) is 7.35. The largest absolute Gasteiger partial charge is 0.351 e. The molecule has 34 heavy (non-hydrogen) atoms. The number of hydrogen-bond donors (Lipinski definition) is 3. The Bertz CT molecular complexity index is 1160. The van der Waals surface area contributed by atoms with E-state index in [2.05, 4.69) is 27.1 Å². The van der Waals surface area contributed by atoms with E-state index >= 15 is 0 Å². The number of imidazole rings is 1. The van der Waals surface area contributed by atoms with Gasteiger partial charge in [-0.25, -0.2) is 9.97 Å². The molecule has 9 nitrogen and oxygen atoms in total. The molecule has 0 saturated carbocycles. The Balaban J connectivity index is 1.49. The zero-order valence-corrected chi connectivity index (χ0v) is 21.0. The second-order valence-corrected chi connectivity index (χ2v) is 11.0. The van der Waals surface area contributed by atoms with E-state index in [1.807, 2.05) is 48.7 Å². The van der Waals surface area contributed by atoms with E-state index in [9.17, 15) is 14.4 Å². The first kappa shape index (κ1) is 24.8. The zero-order valence-electron chi connectivity index (χ0n) is 20.1. The summed E-state index contributed by atoms with van der Waals surface area (Å²) < 4.78 is 13.9. The monoisotopic (exact) mass is 486 g/mol. The van der Waals surface area contributed by atoms with Gasteiger partial charge >= 0.3 is 7.60 Å². The van der Waals surface area contributed by atoms with E-state index in [1.54, 1.807) is 12.5 Å². The van der Waals surface area contributed by atoms with Gasteiger partial charge in [0.2, 0.25) is 5.95 Å². The van der Waals surface area contributed by atoms with E-state index in [0.29, 0.717) is 24.7 Å². The lowest BCUT2D eigenvalue weighted by molar-refractivity contribution is 0.0437. The van der Waals surface area contributed by atoms with E-state index in [1.165, 1.54) is 0 Å². The molecule has 1 aromatic carbocycles. The molecule has 0 radical (unpaired) electrons. The molecule has 1 aliphatic heterocycles. The Morgan fingerprint density at radius 2 is 1.97 bits per heavy atom. The van der Waals surface area contributed by atoms with Crippen LogP contribution in [-0.4, -0.2) is 65.0 Å². The average molecular weight is 487 g/mol. The van der Waals surface area contributed by atoms with Crippen LogP contribution in [0.1, 0.15) is 46.5 Å². The number of para-hydroxylation sites is 2. The summed E-state index contributed by atoms with van der Waals surface area (Å²) in [5.74, 6) is 1.64. The highest BCUT2D eigenvalue weighted by Gasteiger charge is 2.41. The van der Waals surface area contributed by atoms with Gasteiger partial charge < -0.3 is 15.1 Å². The van der Waals surface area contributed by atoms with Gasteiger partial charge in [-0.05, 0) is 63.3 Å². The van der Waals surface area contributed by atoms with Crippen molar-refractivity contribution in [3.63, 3.8) is 0 Å². The number of rotatable bonds is 9. The molecule has 2 unspecified atom stereocenters. The van der Waals surface area contributed by atoms with Crippen molar-refractivity contribution in [2.24, 2.45) is 5.92 Å². The first-order chi connectivity index (χ1) is 16.2. The molecule has 184 valence electrons. The van der Waals surface area contributed by atoms with Gasteiger partial charge in [-0.3, -0.25) is 14.0 Å². The minimum absolute atomic E-state index is 0.0917. The standard InChI is InChI=1S/C24H35N6O3P/c1-4-24(5-2,16-34(31,32)33)29-14-8-9-19(15-29)18(3)27-23-25-13-12-22(28-23)30-17-26-20-10-6-7-11-21(20)30/h6-7,10-13,17-19H,4-5,8-9,14-16H2,1-3H3,(H,25,27,28)(H2,31,32,33). The number of nitrogens with one attached hydrogen (secondary N) is 1. The second-order valence-electron chi connectivity index (χ2n) is 9.38. The highest BCUT2D eigenvalue weighted by Crippen LogP contribution is 2.44. The van der Waals surface area contributed by atoms with Gasteiger partial charge in [0.1, 0.15) is 12.1 Å². The van der Waals surface area contributed by atoms with Gasteiger partial charge in [0.25, 0.3) is 0 Å². The Hall–Kier alpha value is -2.32.